The van der Waals surface area contributed by atoms with Crippen molar-refractivity contribution in [3.63, 3.8) is 0 Å². The number of benzene rings is 1. The van der Waals surface area contributed by atoms with E-state index in [1.165, 1.54) is 6.07 Å². The molecule has 0 spiro atoms. The van der Waals surface area contributed by atoms with Gasteiger partial charge in [-0.25, -0.2) is 4.39 Å². The second-order valence-corrected chi connectivity index (χ2v) is 5.50. The van der Waals surface area contributed by atoms with Crippen LogP contribution in [-0.2, 0) is 13.1 Å². The summed E-state index contributed by atoms with van der Waals surface area (Å²) in [5.74, 6) is -0.210. The number of rotatable bonds is 6. The van der Waals surface area contributed by atoms with Crippen LogP contribution in [0.15, 0.2) is 42.6 Å². The van der Waals surface area contributed by atoms with Crippen LogP contribution in [0.3, 0.4) is 0 Å². The highest BCUT2D eigenvalue weighted by molar-refractivity contribution is 5.46. The second kappa shape index (κ2) is 7.18. The molecule has 0 amide bonds. The summed E-state index contributed by atoms with van der Waals surface area (Å²) in [6.45, 7) is 5.63. The molecule has 1 N–H and O–H groups in total. The van der Waals surface area contributed by atoms with Crippen molar-refractivity contribution >= 4 is 5.69 Å². The maximum absolute atomic E-state index is 13.7. The molecule has 0 fully saturated rings. The van der Waals surface area contributed by atoms with Crippen molar-refractivity contribution in [3.8, 4) is 0 Å². The fourth-order valence-electron chi connectivity index (χ4n) is 2.06. The lowest BCUT2D eigenvalue weighted by atomic mass is 10.2. The molecule has 1 heterocycles. The zero-order chi connectivity index (χ0) is 15.2. The van der Waals surface area contributed by atoms with Gasteiger partial charge in [0.2, 0.25) is 0 Å². The number of nitrogens with zero attached hydrogens (tertiary/aromatic N) is 2. The predicted molar refractivity (Wildman–Crippen MR) is 84.7 cm³/mol. The number of pyridine rings is 1. The quantitative estimate of drug-likeness (QED) is 0.883. The van der Waals surface area contributed by atoms with Gasteiger partial charge < -0.3 is 10.2 Å². The summed E-state index contributed by atoms with van der Waals surface area (Å²) >= 11 is 0. The van der Waals surface area contributed by atoms with Crippen LogP contribution in [0.2, 0.25) is 0 Å². The summed E-state index contributed by atoms with van der Waals surface area (Å²) in [4.78, 5) is 6.31. The van der Waals surface area contributed by atoms with Crippen molar-refractivity contribution in [1.82, 2.24) is 10.3 Å². The average Bonchev–Trinajstić information content (AvgIpc) is 2.47. The van der Waals surface area contributed by atoms with Gasteiger partial charge in [-0.1, -0.05) is 32.0 Å². The largest absolute Gasteiger partial charge is 0.366 e. The van der Waals surface area contributed by atoms with E-state index >= 15 is 0 Å². The van der Waals surface area contributed by atoms with Gasteiger partial charge >= 0.3 is 0 Å². The molecule has 1 aromatic carbocycles. The highest BCUT2D eigenvalue weighted by atomic mass is 19.1. The van der Waals surface area contributed by atoms with E-state index in [1.807, 2.05) is 30.3 Å². The third-order valence-electron chi connectivity index (χ3n) is 3.26. The molecule has 0 radical (unpaired) electrons. The standard InChI is InChI=1S/C17H22FN3/c1-13(2)19-10-14-8-9-15(20-11-14)12-21(3)17-7-5-4-6-16(17)18/h4-9,11,13,19H,10,12H2,1-3H3. The normalized spacial score (nSPS) is 10.9. The molecular weight excluding hydrogens is 265 g/mol. The molecule has 0 aliphatic carbocycles. The lowest BCUT2D eigenvalue weighted by molar-refractivity contribution is 0.587. The fraction of sp³-hybridized carbons (Fsp3) is 0.353. The van der Waals surface area contributed by atoms with Crippen molar-refractivity contribution in [2.45, 2.75) is 33.0 Å². The van der Waals surface area contributed by atoms with Crippen LogP contribution >= 0.6 is 0 Å². The van der Waals surface area contributed by atoms with E-state index in [2.05, 4.69) is 30.2 Å². The molecule has 0 bridgehead atoms. The first-order valence-corrected chi connectivity index (χ1v) is 7.19. The van der Waals surface area contributed by atoms with E-state index in [0.717, 1.165) is 17.8 Å². The maximum Gasteiger partial charge on any atom is 0.146 e. The summed E-state index contributed by atoms with van der Waals surface area (Å²) in [5, 5.41) is 3.36. The minimum Gasteiger partial charge on any atom is -0.366 e. The van der Waals surface area contributed by atoms with Gasteiger partial charge in [0.1, 0.15) is 5.82 Å². The molecular formula is C17H22FN3. The Hall–Kier alpha value is -1.94. The summed E-state index contributed by atoms with van der Waals surface area (Å²) in [6.07, 6.45) is 1.87. The summed E-state index contributed by atoms with van der Waals surface area (Å²) < 4.78 is 13.7. The Labute approximate surface area is 125 Å². The van der Waals surface area contributed by atoms with E-state index in [1.54, 1.807) is 12.1 Å². The molecule has 0 atom stereocenters. The van der Waals surface area contributed by atoms with E-state index in [-0.39, 0.29) is 5.82 Å². The molecule has 21 heavy (non-hydrogen) atoms. The van der Waals surface area contributed by atoms with Crippen LogP contribution < -0.4 is 10.2 Å². The highest BCUT2D eigenvalue weighted by Crippen LogP contribution is 2.18. The first-order valence-electron chi connectivity index (χ1n) is 7.19. The molecule has 0 saturated heterocycles. The Kier molecular flexibility index (Phi) is 5.28. The summed E-state index contributed by atoms with van der Waals surface area (Å²) in [7, 11) is 1.87. The highest BCUT2D eigenvalue weighted by Gasteiger charge is 2.07. The Balaban J connectivity index is 1.98. The zero-order valence-corrected chi connectivity index (χ0v) is 12.8. The predicted octanol–water partition coefficient (Wildman–Crippen LogP) is 3.36. The van der Waals surface area contributed by atoms with Crippen LogP contribution in [0, 0.1) is 5.82 Å². The van der Waals surface area contributed by atoms with Gasteiger partial charge in [-0.15, -0.1) is 0 Å². The molecule has 2 aromatic rings. The van der Waals surface area contributed by atoms with E-state index in [0.29, 0.717) is 18.3 Å². The Morgan fingerprint density at radius 1 is 1.19 bits per heavy atom. The van der Waals surface area contributed by atoms with Gasteiger partial charge in [0.25, 0.3) is 0 Å². The van der Waals surface area contributed by atoms with Crippen molar-refractivity contribution in [3.05, 3.63) is 59.7 Å². The molecule has 0 saturated carbocycles. The number of para-hydroxylation sites is 1. The zero-order valence-electron chi connectivity index (χ0n) is 12.8. The SMILES string of the molecule is CC(C)NCc1ccc(CN(C)c2ccccc2F)nc1. The van der Waals surface area contributed by atoms with Crippen molar-refractivity contribution in [2.24, 2.45) is 0 Å². The molecule has 2 rings (SSSR count). The van der Waals surface area contributed by atoms with Crippen molar-refractivity contribution in [2.75, 3.05) is 11.9 Å². The molecule has 4 heteroatoms. The van der Waals surface area contributed by atoms with Gasteiger partial charge in [0.15, 0.2) is 0 Å². The van der Waals surface area contributed by atoms with Crippen LogP contribution in [0.4, 0.5) is 10.1 Å². The number of aromatic nitrogens is 1. The van der Waals surface area contributed by atoms with Gasteiger partial charge in [0.05, 0.1) is 17.9 Å². The smallest absolute Gasteiger partial charge is 0.146 e. The Bertz CT molecular complexity index is 567. The van der Waals surface area contributed by atoms with E-state index < -0.39 is 0 Å². The van der Waals surface area contributed by atoms with Crippen molar-refractivity contribution in [1.29, 1.82) is 0 Å². The number of nitrogens with one attached hydrogen (secondary N) is 1. The van der Waals surface area contributed by atoms with Crippen molar-refractivity contribution < 1.29 is 4.39 Å². The Morgan fingerprint density at radius 3 is 2.57 bits per heavy atom. The van der Waals surface area contributed by atoms with E-state index in [4.69, 9.17) is 0 Å². The first kappa shape index (κ1) is 15.4. The van der Waals surface area contributed by atoms with Crippen LogP contribution in [0.5, 0.6) is 0 Å². The molecule has 0 aliphatic rings. The molecule has 112 valence electrons. The second-order valence-electron chi connectivity index (χ2n) is 5.50. The fourth-order valence-corrected chi connectivity index (χ4v) is 2.06. The van der Waals surface area contributed by atoms with Crippen LogP contribution in [0.1, 0.15) is 25.1 Å². The number of anilines is 1. The molecule has 3 nitrogen and oxygen atoms in total. The van der Waals surface area contributed by atoms with Gasteiger partial charge in [-0.05, 0) is 23.8 Å². The number of hydrogen-bond acceptors (Lipinski definition) is 3. The first-order chi connectivity index (χ1) is 10.1. The molecule has 0 aliphatic heterocycles. The molecule has 0 unspecified atom stereocenters. The monoisotopic (exact) mass is 287 g/mol. The van der Waals surface area contributed by atoms with Gasteiger partial charge in [-0.2, -0.15) is 0 Å². The maximum atomic E-state index is 13.7. The van der Waals surface area contributed by atoms with Gasteiger partial charge in [0, 0.05) is 25.8 Å². The van der Waals surface area contributed by atoms with Gasteiger partial charge in [-0.3, -0.25) is 4.98 Å². The van der Waals surface area contributed by atoms with Crippen LogP contribution in [-0.4, -0.2) is 18.1 Å². The van der Waals surface area contributed by atoms with Crippen LogP contribution in [0.25, 0.3) is 0 Å². The third-order valence-corrected chi connectivity index (χ3v) is 3.26. The Morgan fingerprint density at radius 2 is 1.95 bits per heavy atom. The number of halogens is 1. The number of hydrogen-bond donors (Lipinski definition) is 1. The average molecular weight is 287 g/mol. The lowest BCUT2D eigenvalue weighted by Gasteiger charge is -2.19. The van der Waals surface area contributed by atoms with E-state index in [9.17, 15) is 4.39 Å². The minimum absolute atomic E-state index is 0.210. The summed E-state index contributed by atoms with van der Waals surface area (Å²) in [6, 6.07) is 11.3. The summed E-state index contributed by atoms with van der Waals surface area (Å²) in [5.41, 5.74) is 2.67. The minimum atomic E-state index is -0.210. The lowest BCUT2D eigenvalue weighted by Crippen LogP contribution is -2.22. The third kappa shape index (κ3) is 4.53. The topological polar surface area (TPSA) is 28.2 Å². The molecule has 1 aromatic heterocycles.